The number of nitrogens with zero attached hydrogens (tertiary/aromatic N) is 3. The number of nitrogens with one attached hydrogen (secondary N) is 1. The zero-order valence-electron chi connectivity index (χ0n) is 14.0. The second-order valence-electron chi connectivity index (χ2n) is 6.15. The number of aryl methyl sites for hydroxylation is 1. The van der Waals surface area contributed by atoms with E-state index in [-0.39, 0.29) is 0 Å². The molecule has 0 aliphatic carbocycles. The van der Waals surface area contributed by atoms with Gasteiger partial charge in [-0.25, -0.2) is 4.98 Å². The van der Waals surface area contributed by atoms with Crippen molar-refractivity contribution in [3.63, 3.8) is 0 Å². The molecular weight excluding hydrogens is 418 g/mol. The number of benzene rings is 2. The van der Waals surface area contributed by atoms with Crippen LogP contribution in [0.15, 0.2) is 36.4 Å². The molecule has 6 heteroatoms. The number of fused-ring (bicyclic) bond motifs is 1. The minimum Gasteiger partial charge on any atom is -0.355 e. The number of hydrogen-bond donors (Lipinski definition) is 1. The van der Waals surface area contributed by atoms with Crippen molar-refractivity contribution in [3.8, 4) is 0 Å². The summed E-state index contributed by atoms with van der Waals surface area (Å²) in [6, 6.07) is 11.8. The number of anilines is 2. The average Bonchev–Trinajstić information content (AvgIpc) is 2.84. The summed E-state index contributed by atoms with van der Waals surface area (Å²) in [7, 11) is 3.94. The van der Waals surface area contributed by atoms with Crippen LogP contribution in [0.2, 0.25) is 0 Å². The first-order valence-corrected chi connectivity index (χ1v) is 8.87. The van der Waals surface area contributed by atoms with Gasteiger partial charge in [-0.2, -0.15) is 4.79 Å². The van der Waals surface area contributed by atoms with Crippen LogP contribution >= 0.6 is 22.6 Å². The molecule has 1 aromatic heterocycles. The van der Waals surface area contributed by atoms with Gasteiger partial charge in [0.25, 0.3) is 0 Å². The average molecular weight is 438 g/mol. The first-order chi connectivity index (χ1) is 11.4. The smallest absolute Gasteiger partial charge is 0.142 e. The lowest BCUT2D eigenvalue weighted by atomic mass is 10.2. The molecule has 0 amide bonds. The Bertz CT molecular complexity index is 873. The molecule has 0 aliphatic rings. The Hall–Kier alpha value is -1.67. The standard InChI is InChI=1S/C18H20FIN4/c1-12-10-13(20)4-6-15(12)21-14-5-7-16-17(11-14)24(19)18(22-16)8-9-23(2)3/h4-7,10-11,21H,8-9H2,1-3H3. The van der Waals surface area contributed by atoms with Crippen molar-refractivity contribution in [2.75, 3.05) is 26.0 Å². The van der Waals surface area contributed by atoms with Gasteiger partial charge in [-0.15, -0.1) is 0 Å². The van der Waals surface area contributed by atoms with Crippen molar-refractivity contribution >= 4 is 45.0 Å². The maximum Gasteiger partial charge on any atom is 0.142 e. The van der Waals surface area contributed by atoms with Gasteiger partial charge in [0.15, 0.2) is 0 Å². The number of likely N-dealkylation sites (N-methyl/N-ethyl adjacent to an activating group) is 1. The Balaban J connectivity index is 1.89. The first kappa shape index (κ1) is 17.2. The molecule has 0 bridgehead atoms. The molecule has 0 radical (unpaired) electrons. The molecule has 0 unspecified atom stereocenters. The van der Waals surface area contributed by atoms with Crippen LogP contribution in [0.4, 0.5) is 15.9 Å². The molecule has 4 nitrogen and oxygen atoms in total. The quantitative estimate of drug-likeness (QED) is 0.595. The van der Waals surface area contributed by atoms with Crippen LogP contribution in [0.3, 0.4) is 0 Å². The predicted molar refractivity (Wildman–Crippen MR) is 106 cm³/mol. The molecule has 24 heavy (non-hydrogen) atoms. The molecule has 0 atom stereocenters. The number of halogens is 2. The molecule has 0 fully saturated rings. The molecule has 2 aromatic carbocycles. The third kappa shape index (κ3) is 3.70. The second-order valence-corrected chi connectivity index (χ2v) is 7.40. The maximum absolute atomic E-state index is 14.5. The van der Waals surface area contributed by atoms with Crippen LogP contribution in [0.25, 0.3) is 11.0 Å². The summed E-state index contributed by atoms with van der Waals surface area (Å²) in [5, 5.41) is 3.36. The summed E-state index contributed by atoms with van der Waals surface area (Å²) in [6.07, 6.45) is 0.581. The summed E-state index contributed by atoms with van der Waals surface area (Å²) in [5.74, 6) is 0.460. The Morgan fingerprint density at radius 2 is 2.00 bits per heavy atom. The highest BCUT2D eigenvalue weighted by Crippen LogP contribution is 2.26. The van der Waals surface area contributed by atoms with E-state index in [0.717, 1.165) is 23.5 Å². The Kier molecular flexibility index (Phi) is 5.05. The van der Waals surface area contributed by atoms with E-state index in [4.69, 9.17) is 0 Å². The Morgan fingerprint density at radius 1 is 1.21 bits per heavy atom. The fourth-order valence-corrected chi connectivity index (χ4v) is 3.22. The molecular formula is C18H20FIN4. The van der Waals surface area contributed by atoms with Crippen LogP contribution in [0.1, 0.15) is 11.4 Å². The van der Waals surface area contributed by atoms with Crippen molar-refractivity contribution < 1.29 is 4.48 Å². The van der Waals surface area contributed by atoms with Gasteiger partial charge in [0.1, 0.15) is 11.3 Å². The van der Waals surface area contributed by atoms with Gasteiger partial charge in [0.05, 0.1) is 5.52 Å². The van der Waals surface area contributed by atoms with Crippen molar-refractivity contribution in [1.29, 1.82) is 0 Å². The summed E-state index contributed by atoms with van der Waals surface area (Å²) in [6.45, 7) is 2.82. The highest BCUT2D eigenvalue weighted by atomic mass is 127. The lowest BCUT2D eigenvalue weighted by molar-refractivity contribution is 0.347. The SMILES string of the molecule is Cc1cc(I)ccc1Nc1ccc2nc(CCN(C)C)n(F)c2c1. The lowest BCUT2D eigenvalue weighted by Crippen LogP contribution is -2.16. The predicted octanol–water partition coefficient (Wildman–Crippen LogP) is 4.53. The van der Waals surface area contributed by atoms with Gasteiger partial charge < -0.3 is 10.2 Å². The minimum absolute atomic E-state index is 0.460. The van der Waals surface area contributed by atoms with Crippen molar-refractivity contribution in [2.24, 2.45) is 0 Å². The van der Waals surface area contributed by atoms with Gasteiger partial charge in [-0.3, -0.25) is 0 Å². The van der Waals surface area contributed by atoms with Gasteiger partial charge in [-0.1, -0.05) is 4.48 Å². The fraction of sp³-hybridized carbons (Fsp3) is 0.278. The van der Waals surface area contributed by atoms with Crippen LogP contribution in [-0.2, 0) is 6.42 Å². The molecule has 1 heterocycles. The zero-order valence-corrected chi connectivity index (χ0v) is 16.1. The van der Waals surface area contributed by atoms with Gasteiger partial charge in [0.2, 0.25) is 0 Å². The Morgan fingerprint density at radius 3 is 2.71 bits per heavy atom. The van der Waals surface area contributed by atoms with E-state index in [9.17, 15) is 4.48 Å². The molecule has 3 aromatic rings. The zero-order chi connectivity index (χ0) is 17.3. The first-order valence-electron chi connectivity index (χ1n) is 7.79. The van der Waals surface area contributed by atoms with E-state index in [1.165, 1.54) is 3.57 Å². The summed E-state index contributed by atoms with van der Waals surface area (Å²) in [5.41, 5.74) is 4.20. The molecule has 0 aliphatic heterocycles. The molecule has 126 valence electrons. The number of imidazole rings is 1. The van der Waals surface area contributed by atoms with Crippen molar-refractivity contribution in [2.45, 2.75) is 13.3 Å². The van der Waals surface area contributed by atoms with Crippen LogP contribution in [-0.4, -0.2) is 35.3 Å². The summed E-state index contributed by atoms with van der Waals surface area (Å²) >= 11 is 2.29. The number of aromatic nitrogens is 2. The van der Waals surface area contributed by atoms with Crippen LogP contribution in [0, 0.1) is 10.5 Å². The van der Waals surface area contributed by atoms with Crippen molar-refractivity contribution in [1.82, 2.24) is 14.7 Å². The third-order valence-electron chi connectivity index (χ3n) is 3.91. The van der Waals surface area contributed by atoms with E-state index in [2.05, 4.69) is 45.9 Å². The van der Waals surface area contributed by atoms with Gasteiger partial charge >= 0.3 is 0 Å². The number of rotatable bonds is 5. The minimum atomic E-state index is 0.460. The van der Waals surface area contributed by atoms with E-state index in [1.807, 2.05) is 43.3 Å². The molecule has 1 N–H and O–H groups in total. The highest BCUT2D eigenvalue weighted by Gasteiger charge is 2.12. The van der Waals surface area contributed by atoms with Gasteiger partial charge in [0, 0.05) is 27.9 Å². The van der Waals surface area contributed by atoms with E-state index < -0.39 is 0 Å². The molecule has 0 saturated heterocycles. The maximum atomic E-state index is 14.5. The lowest BCUT2D eigenvalue weighted by Gasteiger charge is -2.10. The Labute approximate surface area is 154 Å². The fourth-order valence-electron chi connectivity index (χ4n) is 2.58. The monoisotopic (exact) mass is 438 g/mol. The van der Waals surface area contributed by atoms with Crippen LogP contribution < -0.4 is 5.32 Å². The molecule has 3 rings (SSSR count). The normalized spacial score (nSPS) is 11.4. The third-order valence-corrected chi connectivity index (χ3v) is 4.58. The van der Waals surface area contributed by atoms with Crippen LogP contribution in [0.5, 0.6) is 0 Å². The summed E-state index contributed by atoms with van der Waals surface area (Å²) in [4.78, 5) is 7.11. The number of hydrogen-bond acceptors (Lipinski definition) is 3. The topological polar surface area (TPSA) is 33.1 Å². The largest absolute Gasteiger partial charge is 0.355 e. The van der Waals surface area contributed by atoms with E-state index in [1.54, 1.807) is 6.07 Å². The van der Waals surface area contributed by atoms with Crippen molar-refractivity contribution in [3.05, 3.63) is 51.4 Å². The second kappa shape index (κ2) is 7.06. The van der Waals surface area contributed by atoms with Gasteiger partial charge in [-0.05, 0) is 85.6 Å². The molecule has 0 saturated carbocycles. The highest BCUT2D eigenvalue weighted by molar-refractivity contribution is 14.1. The molecule has 0 spiro atoms. The van der Waals surface area contributed by atoms with E-state index >= 15 is 0 Å². The summed E-state index contributed by atoms with van der Waals surface area (Å²) < 4.78 is 15.7. The van der Waals surface area contributed by atoms with E-state index in [0.29, 0.717) is 28.1 Å².